The number of hydrogen-bond donors (Lipinski definition) is 2. The Balaban J connectivity index is 3.22. The highest BCUT2D eigenvalue weighted by molar-refractivity contribution is 5.99. The SMILES string of the molecule is CCN(CC(C)C(=O)O)c1ccc([N+](=O)[O-])cc1C(N)=O. The van der Waals surface area contributed by atoms with E-state index >= 15 is 0 Å². The van der Waals surface area contributed by atoms with Gasteiger partial charge in [0.2, 0.25) is 0 Å². The van der Waals surface area contributed by atoms with Crippen molar-refractivity contribution in [1.82, 2.24) is 0 Å². The largest absolute Gasteiger partial charge is 0.481 e. The first-order valence-electron chi connectivity index (χ1n) is 6.33. The van der Waals surface area contributed by atoms with Crippen LogP contribution in [0.5, 0.6) is 0 Å². The van der Waals surface area contributed by atoms with Gasteiger partial charge in [0.25, 0.3) is 11.6 Å². The second-order valence-corrected chi connectivity index (χ2v) is 4.60. The first kappa shape index (κ1) is 16.4. The zero-order chi connectivity index (χ0) is 16.2. The van der Waals surface area contributed by atoms with Crippen LogP contribution < -0.4 is 10.6 Å². The number of non-ortho nitro benzene ring substituents is 1. The van der Waals surface area contributed by atoms with Gasteiger partial charge in [0.1, 0.15) is 0 Å². The minimum absolute atomic E-state index is 0.00337. The van der Waals surface area contributed by atoms with E-state index in [4.69, 9.17) is 10.8 Å². The highest BCUT2D eigenvalue weighted by Gasteiger charge is 2.21. The van der Waals surface area contributed by atoms with Crippen molar-refractivity contribution in [3.8, 4) is 0 Å². The van der Waals surface area contributed by atoms with Crippen LogP contribution in [0.1, 0.15) is 24.2 Å². The standard InChI is InChI=1S/C13H17N3O5/c1-3-15(7-8(2)13(18)19)11-5-4-9(16(20)21)6-10(11)12(14)17/h4-6,8H,3,7H2,1-2H3,(H2,14,17)(H,18,19). The number of carbonyl (C=O) groups excluding carboxylic acids is 1. The van der Waals surface area contributed by atoms with Crippen molar-refractivity contribution in [2.75, 3.05) is 18.0 Å². The molecule has 1 rings (SSSR count). The second kappa shape index (κ2) is 6.69. The van der Waals surface area contributed by atoms with Gasteiger partial charge in [-0.2, -0.15) is 0 Å². The molecule has 1 atom stereocenters. The van der Waals surface area contributed by atoms with Crippen molar-refractivity contribution in [2.45, 2.75) is 13.8 Å². The van der Waals surface area contributed by atoms with Gasteiger partial charge < -0.3 is 15.7 Å². The summed E-state index contributed by atoms with van der Waals surface area (Å²) in [6, 6.07) is 3.78. The monoisotopic (exact) mass is 295 g/mol. The molecular weight excluding hydrogens is 278 g/mol. The Kier molecular flexibility index (Phi) is 5.23. The minimum atomic E-state index is -0.962. The van der Waals surface area contributed by atoms with E-state index in [0.29, 0.717) is 12.2 Å². The number of hydrogen-bond acceptors (Lipinski definition) is 5. The number of nitrogens with two attached hydrogens (primary N) is 1. The van der Waals surface area contributed by atoms with Crippen molar-refractivity contribution in [3.63, 3.8) is 0 Å². The topological polar surface area (TPSA) is 127 Å². The number of nitro benzene ring substituents is 1. The summed E-state index contributed by atoms with van der Waals surface area (Å²) in [7, 11) is 0. The third kappa shape index (κ3) is 3.91. The molecule has 0 aliphatic carbocycles. The second-order valence-electron chi connectivity index (χ2n) is 4.60. The van der Waals surface area contributed by atoms with E-state index in [0.717, 1.165) is 6.07 Å². The predicted octanol–water partition coefficient (Wildman–Crippen LogP) is 1.24. The van der Waals surface area contributed by atoms with E-state index in [-0.39, 0.29) is 17.8 Å². The molecule has 114 valence electrons. The molecule has 0 saturated heterocycles. The van der Waals surface area contributed by atoms with Gasteiger partial charge in [-0.15, -0.1) is 0 Å². The van der Waals surface area contributed by atoms with Crippen molar-refractivity contribution in [2.24, 2.45) is 11.7 Å². The number of nitrogens with zero attached hydrogens (tertiary/aromatic N) is 2. The van der Waals surface area contributed by atoms with Gasteiger partial charge >= 0.3 is 5.97 Å². The summed E-state index contributed by atoms with van der Waals surface area (Å²) >= 11 is 0. The zero-order valence-corrected chi connectivity index (χ0v) is 11.8. The molecule has 0 aliphatic heterocycles. The maximum absolute atomic E-state index is 11.5. The van der Waals surface area contributed by atoms with Crippen LogP contribution in [0.15, 0.2) is 18.2 Å². The number of carbonyl (C=O) groups is 2. The molecular formula is C13H17N3O5. The summed E-state index contributed by atoms with van der Waals surface area (Å²) in [5.74, 6) is -2.41. The number of nitro groups is 1. The van der Waals surface area contributed by atoms with Crippen LogP contribution in [-0.2, 0) is 4.79 Å². The molecule has 1 aromatic carbocycles. The van der Waals surface area contributed by atoms with E-state index in [1.54, 1.807) is 18.7 Å². The van der Waals surface area contributed by atoms with E-state index in [1.165, 1.54) is 12.1 Å². The zero-order valence-electron chi connectivity index (χ0n) is 11.8. The van der Waals surface area contributed by atoms with Crippen LogP contribution in [0.25, 0.3) is 0 Å². The smallest absolute Gasteiger partial charge is 0.308 e. The van der Waals surface area contributed by atoms with Gasteiger partial charge in [-0.3, -0.25) is 19.7 Å². The Bertz CT molecular complexity index is 573. The average molecular weight is 295 g/mol. The molecule has 21 heavy (non-hydrogen) atoms. The molecule has 0 fully saturated rings. The molecule has 0 radical (unpaired) electrons. The number of carboxylic acid groups (broad SMARTS) is 1. The average Bonchev–Trinajstić information content (AvgIpc) is 2.43. The summed E-state index contributed by atoms with van der Waals surface area (Å²) in [6.07, 6.45) is 0. The molecule has 8 nitrogen and oxygen atoms in total. The molecule has 0 spiro atoms. The van der Waals surface area contributed by atoms with Crippen molar-refractivity contribution in [1.29, 1.82) is 0 Å². The number of aliphatic carboxylic acids is 1. The summed E-state index contributed by atoms with van der Waals surface area (Å²) in [6.45, 7) is 3.95. The Labute approximate surface area is 121 Å². The first-order chi connectivity index (χ1) is 9.77. The maximum atomic E-state index is 11.5. The fourth-order valence-electron chi connectivity index (χ4n) is 1.92. The van der Waals surface area contributed by atoms with Crippen molar-refractivity contribution >= 4 is 23.3 Å². The van der Waals surface area contributed by atoms with Gasteiger partial charge in [0.05, 0.1) is 22.1 Å². The summed E-state index contributed by atoms with van der Waals surface area (Å²) in [4.78, 5) is 34.2. The molecule has 0 bridgehead atoms. The van der Waals surface area contributed by atoms with Gasteiger partial charge in [0, 0.05) is 25.2 Å². The van der Waals surface area contributed by atoms with Crippen molar-refractivity contribution in [3.05, 3.63) is 33.9 Å². The first-order valence-corrected chi connectivity index (χ1v) is 6.33. The summed E-state index contributed by atoms with van der Waals surface area (Å²) in [5, 5.41) is 19.7. The predicted molar refractivity (Wildman–Crippen MR) is 76.3 cm³/mol. The lowest BCUT2D eigenvalue weighted by molar-refractivity contribution is -0.384. The Morgan fingerprint density at radius 1 is 1.48 bits per heavy atom. The molecule has 0 aliphatic rings. The van der Waals surface area contributed by atoms with Gasteiger partial charge in [-0.25, -0.2) is 0 Å². The molecule has 1 aromatic rings. The number of amides is 1. The highest BCUT2D eigenvalue weighted by Crippen LogP contribution is 2.26. The fraction of sp³-hybridized carbons (Fsp3) is 0.385. The molecule has 0 aromatic heterocycles. The van der Waals surface area contributed by atoms with E-state index in [9.17, 15) is 19.7 Å². The quantitative estimate of drug-likeness (QED) is 0.575. The Morgan fingerprint density at radius 3 is 2.52 bits per heavy atom. The summed E-state index contributed by atoms with van der Waals surface area (Å²) in [5.41, 5.74) is 5.42. The third-order valence-electron chi connectivity index (χ3n) is 3.09. The fourth-order valence-corrected chi connectivity index (χ4v) is 1.92. The lowest BCUT2D eigenvalue weighted by Crippen LogP contribution is -2.33. The molecule has 3 N–H and O–H groups in total. The van der Waals surface area contributed by atoms with Crippen molar-refractivity contribution < 1.29 is 19.6 Å². The van der Waals surface area contributed by atoms with E-state index in [1.807, 2.05) is 0 Å². The number of rotatable bonds is 7. The molecule has 1 unspecified atom stereocenters. The molecule has 0 saturated carbocycles. The Hall–Kier alpha value is -2.64. The highest BCUT2D eigenvalue weighted by atomic mass is 16.6. The Morgan fingerprint density at radius 2 is 2.10 bits per heavy atom. The number of benzene rings is 1. The van der Waals surface area contributed by atoms with Crippen LogP contribution in [0.2, 0.25) is 0 Å². The third-order valence-corrected chi connectivity index (χ3v) is 3.09. The number of primary amides is 1. The van der Waals surface area contributed by atoms with Gasteiger partial charge in [-0.05, 0) is 13.0 Å². The minimum Gasteiger partial charge on any atom is -0.481 e. The maximum Gasteiger partial charge on any atom is 0.308 e. The molecule has 0 heterocycles. The van der Waals surface area contributed by atoms with Gasteiger partial charge in [0.15, 0.2) is 0 Å². The number of anilines is 1. The van der Waals surface area contributed by atoms with Crippen LogP contribution >= 0.6 is 0 Å². The number of carboxylic acids is 1. The lowest BCUT2D eigenvalue weighted by atomic mass is 10.1. The van der Waals surface area contributed by atoms with Crippen LogP contribution in [0, 0.1) is 16.0 Å². The van der Waals surface area contributed by atoms with Gasteiger partial charge in [-0.1, -0.05) is 6.92 Å². The van der Waals surface area contributed by atoms with E-state index in [2.05, 4.69) is 0 Å². The van der Waals surface area contributed by atoms with Crippen LogP contribution in [0.3, 0.4) is 0 Å². The van der Waals surface area contributed by atoms with E-state index < -0.39 is 22.7 Å². The molecule has 1 amide bonds. The van der Waals surface area contributed by atoms with Crippen LogP contribution in [-0.4, -0.2) is 35.0 Å². The summed E-state index contributed by atoms with van der Waals surface area (Å²) < 4.78 is 0. The molecule has 8 heteroatoms. The lowest BCUT2D eigenvalue weighted by Gasteiger charge is -2.26. The van der Waals surface area contributed by atoms with Crippen LogP contribution in [0.4, 0.5) is 11.4 Å². The normalized spacial score (nSPS) is 11.7.